The van der Waals surface area contributed by atoms with Crippen molar-refractivity contribution < 1.29 is 23.9 Å². The molecule has 28 heavy (non-hydrogen) atoms. The predicted molar refractivity (Wildman–Crippen MR) is 107 cm³/mol. The Morgan fingerprint density at radius 1 is 0.929 bits per heavy atom. The molecule has 0 saturated carbocycles. The molecule has 0 amide bonds. The molecule has 2 aromatic heterocycles. The van der Waals surface area contributed by atoms with Crippen LogP contribution >= 0.6 is 15.9 Å². The highest BCUT2D eigenvalue weighted by atomic mass is 79.9. The molecule has 0 unspecified atom stereocenters. The van der Waals surface area contributed by atoms with E-state index in [1.54, 1.807) is 34.9 Å². The van der Waals surface area contributed by atoms with Crippen molar-refractivity contribution in [2.24, 2.45) is 0 Å². The lowest BCUT2D eigenvalue weighted by atomic mass is 10.0. The van der Waals surface area contributed by atoms with Crippen molar-refractivity contribution in [3.63, 3.8) is 0 Å². The molecule has 0 spiro atoms. The SMILES string of the molecule is COC(=O)c1c(C(=O)OC)c2c(C)cc(C)cn2c1C(=O)c1ccc(Br)cc1. The molecule has 0 aliphatic rings. The van der Waals surface area contributed by atoms with Gasteiger partial charge < -0.3 is 13.9 Å². The van der Waals surface area contributed by atoms with E-state index in [-0.39, 0.29) is 16.8 Å². The quantitative estimate of drug-likeness (QED) is 0.447. The number of benzene rings is 1. The number of fused-ring (bicyclic) bond motifs is 1. The summed E-state index contributed by atoms with van der Waals surface area (Å²) >= 11 is 3.34. The Kier molecular flexibility index (Phi) is 5.38. The van der Waals surface area contributed by atoms with Crippen molar-refractivity contribution in [1.29, 1.82) is 0 Å². The van der Waals surface area contributed by atoms with Gasteiger partial charge in [0.25, 0.3) is 0 Å². The Morgan fingerprint density at radius 2 is 1.50 bits per heavy atom. The number of ketones is 1. The summed E-state index contributed by atoms with van der Waals surface area (Å²) in [5.41, 5.74) is 2.42. The molecule has 3 aromatic rings. The minimum absolute atomic E-state index is 0.0207. The molecule has 0 aliphatic carbocycles. The number of rotatable bonds is 4. The van der Waals surface area contributed by atoms with Crippen molar-refractivity contribution in [2.75, 3.05) is 14.2 Å². The summed E-state index contributed by atoms with van der Waals surface area (Å²) in [6.45, 7) is 3.68. The number of carbonyl (C=O) groups excluding carboxylic acids is 3. The number of methoxy groups -OCH3 is 2. The molecule has 0 radical (unpaired) electrons. The second-order valence-corrected chi connectivity index (χ2v) is 7.25. The number of carbonyl (C=O) groups is 3. The van der Waals surface area contributed by atoms with Gasteiger partial charge in [-0.1, -0.05) is 22.0 Å². The first-order valence-electron chi connectivity index (χ1n) is 8.42. The molecule has 0 fully saturated rings. The van der Waals surface area contributed by atoms with Crippen molar-refractivity contribution in [1.82, 2.24) is 4.40 Å². The Morgan fingerprint density at radius 3 is 2.07 bits per heavy atom. The number of aromatic nitrogens is 1. The summed E-state index contributed by atoms with van der Waals surface area (Å²) < 4.78 is 12.2. The topological polar surface area (TPSA) is 74.1 Å². The Hall–Kier alpha value is -2.93. The third kappa shape index (κ3) is 3.22. The second-order valence-electron chi connectivity index (χ2n) is 6.34. The van der Waals surface area contributed by atoms with Gasteiger partial charge in [0, 0.05) is 16.2 Å². The van der Waals surface area contributed by atoms with Crippen LogP contribution in [0.5, 0.6) is 0 Å². The van der Waals surface area contributed by atoms with Crippen LogP contribution in [0.4, 0.5) is 0 Å². The van der Waals surface area contributed by atoms with Crippen LogP contribution in [0.2, 0.25) is 0 Å². The molecule has 6 nitrogen and oxygen atoms in total. The molecule has 0 atom stereocenters. The van der Waals surface area contributed by atoms with E-state index in [0.29, 0.717) is 11.1 Å². The van der Waals surface area contributed by atoms with E-state index in [4.69, 9.17) is 9.47 Å². The fraction of sp³-hybridized carbons (Fsp3) is 0.190. The predicted octanol–water partition coefficient (Wildman–Crippen LogP) is 4.12. The summed E-state index contributed by atoms with van der Waals surface area (Å²) in [5, 5.41) is 0. The maximum absolute atomic E-state index is 13.4. The second kappa shape index (κ2) is 7.59. The lowest BCUT2D eigenvalue weighted by Gasteiger charge is -2.07. The zero-order chi connectivity index (χ0) is 20.6. The van der Waals surface area contributed by atoms with E-state index in [0.717, 1.165) is 15.6 Å². The van der Waals surface area contributed by atoms with Gasteiger partial charge in [-0.3, -0.25) is 4.79 Å². The van der Waals surface area contributed by atoms with Crippen molar-refractivity contribution in [2.45, 2.75) is 13.8 Å². The summed E-state index contributed by atoms with van der Waals surface area (Å²) in [4.78, 5) is 38.6. The summed E-state index contributed by atoms with van der Waals surface area (Å²) in [7, 11) is 2.43. The van der Waals surface area contributed by atoms with Crippen molar-refractivity contribution in [3.8, 4) is 0 Å². The maximum atomic E-state index is 13.4. The van der Waals surface area contributed by atoms with E-state index in [9.17, 15) is 14.4 Å². The van der Waals surface area contributed by atoms with Crippen LogP contribution < -0.4 is 0 Å². The third-order valence-electron chi connectivity index (χ3n) is 4.46. The molecule has 0 aliphatic heterocycles. The zero-order valence-corrected chi connectivity index (χ0v) is 17.4. The van der Waals surface area contributed by atoms with E-state index in [2.05, 4.69) is 15.9 Å². The number of pyridine rings is 1. The maximum Gasteiger partial charge on any atom is 0.341 e. The lowest BCUT2D eigenvalue weighted by molar-refractivity contribution is 0.0556. The average Bonchev–Trinajstić information content (AvgIpc) is 3.01. The van der Waals surface area contributed by atoms with Crippen LogP contribution in [-0.4, -0.2) is 36.3 Å². The van der Waals surface area contributed by atoms with Gasteiger partial charge in [0.1, 0.15) is 16.8 Å². The van der Waals surface area contributed by atoms with E-state index >= 15 is 0 Å². The summed E-state index contributed by atoms with van der Waals surface area (Å²) in [5.74, 6) is -1.88. The van der Waals surface area contributed by atoms with E-state index in [1.807, 2.05) is 19.9 Å². The normalized spacial score (nSPS) is 10.8. The van der Waals surface area contributed by atoms with Crippen LogP contribution in [0, 0.1) is 13.8 Å². The fourth-order valence-corrected chi connectivity index (χ4v) is 3.58. The molecule has 2 heterocycles. The van der Waals surface area contributed by atoms with Crippen LogP contribution in [0.3, 0.4) is 0 Å². The molecule has 3 rings (SSSR count). The van der Waals surface area contributed by atoms with Gasteiger partial charge in [0.15, 0.2) is 0 Å². The standard InChI is InChI=1S/C21H18BrNO5/c1-11-9-12(2)17-15(20(25)27-3)16(21(26)28-4)18(23(17)10-11)19(24)13-5-7-14(22)8-6-13/h5-10H,1-4H3. The first-order valence-corrected chi connectivity index (χ1v) is 9.21. The molecule has 144 valence electrons. The van der Waals surface area contributed by atoms with Gasteiger partial charge in [0.2, 0.25) is 5.78 Å². The van der Waals surface area contributed by atoms with Crippen molar-refractivity contribution in [3.05, 3.63) is 74.5 Å². The van der Waals surface area contributed by atoms with Gasteiger partial charge in [-0.05, 0) is 49.2 Å². The number of hydrogen-bond donors (Lipinski definition) is 0. The monoisotopic (exact) mass is 443 g/mol. The van der Waals surface area contributed by atoms with Gasteiger partial charge in [0.05, 0.1) is 19.7 Å². The Labute approximate surface area is 170 Å². The van der Waals surface area contributed by atoms with Gasteiger partial charge in [-0.15, -0.1) is 0 Å². The molecule has 7 heteroatoms. The Balaban J connectivity index is 2.46. The van der Waals surface area contributed by atoms with Crippen molar-refractivity contribution >= 4 is 39.2 Å². The highest BCUT2D eigenvalue weighted by Crippen LogP contribution is 2.30. The van der Waals surface area contributed by atoms with Crippen LogP contribution in [0.25, 0.3) is 5.52 Å². The number of nitrogens with zero attached hydrogens (tertiary/aromatic N) is 1. The number of esters is 2. The number of ether oxygens (including phenoxy) is 2. The highest BCUT2D eigenvalue weighted by molar-refractivity contribution is 9.10. The van der Waals surface area contributed by atoms with Gasteiger partial charge in [-0.2, -0.15) is 0 Å². The molecule has 0 N–H and O–H groups in total. The van der Waals surface area contributed by atoms with Gasteiger partial charge in [-0.25, -0.2) is 9.59 Å². The zero-order valence-electron chi connectivity index (χ0n) is 15.8. The summed E-state index contributed by atoms with van der Waals surface area (Å²) in [6, 6.07) is 8.63. The average molecular weight is 444 g/mol. The number of halogens is 1. The first kappa shape index (κ1) is 19.8. The summed E-state index contributed by atoms with van der Waals surface area (Å²) in [6.07, 6.45) is 1.72. The number of aryl methyl sites for hydroxylation is 2. The Bertz CT molecular complexity index is 1110. The first-order chi connectivity index (χ1) is 13.3. The minimum atomic E-state index is -0.776. The van der Waals surface area contributed by atoms with E-state index < -0.39 is 17.7 Å². The third-order valence-corrected chi connectivity index (χ3v) is 4.99. The lowest BCUT2D eigenvalue weighted by Crippen LogP contribution is -2.15. The largest absolute Gasteiger partial charge is 0.465 e. The van der Waals surface area contributed by atoms with Gasteiger partial charge >= 0.3 is 11.9 Å². The van der Waals surface area contributed by atoms with Crippen LogP contribution in [0.1, 0.15) is 47.9 Å². The van der Waals surface area contributed by atoms with E-state index in [1.165, 1.54) is 14.2 Å². The van der Waals surface area contributed by atoms with Crippen LogP contribution in [-0.2, 0) is 9.47 Å². The minimum Gasteiger partial charge on any atom is -0.465 e. The highest BCUT2D eigenvalue weighted by Gasteiger charge is 2.33. The fourth-order valence-electron chi connectivity index (χ4n) is 3.32. The van der Waals surface area contributed by atoms with Crippen LogP contribution in [0.15, 0.2) is 41.0 Å². The molecule has 0 saturated heterocycles. The molecular formula is C21H18BrNO5. The molecular weight excluding hydrogens is 426 g/mol. The molecule has 0 bridgehead atoms. The smallest absolute Gasteiger partial charge is 0.341 e. The molecule has 1 aromatic carbocycles. The number of hydrogen-bond acceptors (Lipinski definition) is 5.